The van der Waals surface area contributed by atoms with Crippen molar-refractivity contribution in [2.24, 2.45) is 0 Å². The molecular formula is C21H20ClN7O9S2. The Morgan fingerprint density at radius 2 is 1.30 bits per heavy atom. The van der Waals surface area contributed by atoms with Crippen molar-refractivity contribution in [3.8, 4) is 12.1 Å². The molecular weight excluding hydrogens is 594 g/mol. The molecule has 0 saturated carbocycles. The van der Waals surface area contributed by atoms with Gasteiger partial charge in [-0.2, -0.15) is 20.0 Å². The number of urea groups is 1. The number of hydrogen-bond acceptors (Lipinski definition) is 12. The van der Waals surface area contributed by atoms with Crippen LogP contribution in [0.25, 0.3) is 0 Å². The van der Waals surface area contributed by atoms with Crippen LogP contribution < -0.4 is 25.6 Å². The summed E-state index contributed by atoms with van der Waals surface area (Å²) in [5.41, 5.74) is 4.21. The van der Waals surface area contributed by atoms with Crippen molar-refractivity contribution in [1.29, 1.82) is 10.5 Å². The number of nitriles is 2. The topological polar surface area (TPSA) is 246 Å². The van der Waals surface area contributed by atoms with Gasteiger partial charge in [-0.05, 0) is 30.3 Å². The number of sulfonamides is 2. The van der Waals surface area contributed by atoms with E-state index in [0.717, 1.165) is 32.4 Å². The number of carbonyl (C=O) groups is 3. The molecule has 0 aliphatic rings. The first-order chi connectivity index (χ1) is 18.8. The van der Waals surface area contributed by atoms with E-state index in [0.29, 0.717) is 0 Å². The Labute approximate surface area is 233 Å². The van der Waals surface area contributed by atoms with Crippen molar-refractivity contribution in [1.82, 2.24) is 14.9 Å². The number of carbonyl (C=O) groups excluding carboxylic acids is 3. The molecule has 2 rings (SSSR count). The fourth-order valence-electron chi connectivity index (χ4n) is 2.71. The maximum atomic E-state index is 12.7. The fraction of sp³-hybridized carbons (Fsp3) is 0.190. The zero-order chi connectivity index (χ0) is 30.1. The van der Waals surface area contributed by atoms with Gasteiger partial charge in [0.25, 0.3) is 0 Å². The van der Waals surface area contributed by atoms with Crippen LogP contribution in [0, 0.1) is 22.7 Å². The van der Waals surface area contributed by atoms with Crippen molar-refractivity contribution >= 4 is 61.0 Å². The monoisotopic (exact) mass is 613 g/mol. The summed E-state index contributed by atoms with van der Waals surface area (Å²) in [5, 5.41) is 20.4. The lowest BCUT2D eigenvalue weighted by Gasteiger charge is -2.14. The van der Waals surface area contributed by atoms with E-state index in [1.165, 1.54) is 12.1 Å². The Balaban J connectivity index is 2.38. The smallest absolute Gasteiger partial charge is 0.337 e. The minimum atomic E-state index is -4.51. The van der Waals surface area contributed by atoms with Crippen LogP contribution in [0.3, 0.4) is 0 Å². The van der Waals surface area contributed by atoms with E-state index < -0.39 is 60.9 Å². The van der Waals surface area contributed by atoms with Crippen LogP contribution in [-0.2, 0) is 39.1 Å². The van der Waals surface area contributed by atoms with E-state index in [4.69, 9.17) is 22.1 Å². The van der Waals surface area contributed by atoms with Crippen LogP contribution in [0.15, 0.2) is 40.1 Å². The Morgan fingerprint density at radius 1 is 0.825 bits per heavy atom. The lowest BCUT2D eigenvalue weighted by Crippen LogP contribution is -2.34. The summed E-state index contributed by atoms with van der Waals surface area (Å²) >= 11 is 6.04. The zero-order valence-corrected chi connectivity index (χ0v) is 23.0. The molecule has 0 unspecified atom stereocenters. The Kier molecular flexibility index (Phi) is 10.8. The Bertz CT molecular complexity index is 1560. The average molecular weight is 614 g/mol. The highest BCUT2D eigenvalue weighted by molar-refractivity contribution is 7.90. The second-order valence-corrected chi connectivity index (χ2v) is 11.2. The van der Waals surface area contributed by atoms with E-state index in [2.05, 4.69) is 25.6 Å². The molecule has 212 valence electrons. The largest absolute Gasteiger partial charge is 0.468 e. The summed E-state index contributed by atoms with van der Waals surface area (Å²) in [4.78, 5) is 33.9. The lowest BCUT2D eigenvalue weighted by atomic mass is 10.1. The van der Waals surface area contributed by atoms with Crippen molar-refractivity contribution < 1.29 is 40.7 Å². The molecule has 0 atom stereocenters. The van der Waals surface area contributed by atoms with Gasteiger partial charge in [-0.3, -0.25) is 20.4 Å². The van der Waals surface area contributed by atoms with Gasteiger partial charge < -0.3 is 14.8 Å². The SMILES string of the molecule is COC(=O)CNS(=O)(=O)c1cc(NC(=O)NNc2cc(C#N)c(C#N)cc2Cl)cc(S(=O)(=O)NCC(=O)OC)c1. The highest BCUT2D eigenvalue weighted by Gasteiger charge is 2.23. The molecule has 2 amide bonds. The highest BCUT2D eigenvalue weighted by atomic mass is 35.5. The number of hydrazine groups is 1. The maximum Gasteiger partial charge on any atom is 0.337 e. The zero-order valence-electron chi connectivity index (χ0n) is 20.6. The molecule has 2 aromatic carbocycles. The number of nitrogens with zero attached hydrogens (tertiary/aromatic N) is 2. The second kappa shape index (κ2) is 13.6. The van der Waals surface area contributed by atoms with Gasteiger partial charge in [0, 0.05) is 5.69 Å². The number of halogens is 1. The molecule has 5 N–H and O–H groups in total. The van der Waals surface area contributed by atoms with Crippen molar-refractivity contribution in [3.05, 3.63) is 46.5 Å². The molecule has 0 spiro atoms. The molecule has 0 aliphatic heterocycles. The standard InChI is InChI=1S/C21H20ClN7O9S2/c1-37-19(30)10-25-39(33,34)15-5-14(6-16(7-15)40(35,36)26-11-20(31)38-2)27-21(32)29-28-18-4-13(9-24)12(8-23)3-17(18)22/h3-7,25-26,28H,10-11H2,1-2H3,(H2,27,29,32). The average Bonchev–Trinajstić information content (AvgIpc) is 2.93. The summed E-state index contributed by atoms with van der Waals surface area (Å²) < 4.78 is 63.5. The van der Waals surface area contributed by atoms with Gasteiger partial charge in [-0.15, -0.1) is 0 Å². The first-order valence-electron chi connectivity index (χ1n) is 10.5. The van der Waals surface area contributed by atoms with Crippen molar-refractivity contribution in [2.75, 3.05) is 38.1 Å². The molecule has 16 nitrogen and oxygen atoms in total. The van der Waals surface area contributed by atoms with Crippen molar-refractivity contribution in [2.45, 2.75) is 9.79 Å². The van der Waals surface area contributed by atoms with Gasteiger partial charge in [0.2, 0.25) is 20.0 Å². The quantitative estimate of drug-likeness (QED) is 0.168. The van der Waals surface area contributed by atoms with Crippen LogP contribution in [0.2, 0.25) is 5.02 Å². The van der Waals surface area contributed by atoms with E-state index in [1.807, 2.05) is 9.44 Å². The van der Waals surface area contributed by atoms with Crippen molar-refractivity contribution in [3.63, 3.8) is 0 Å². The number of anilines is 2. The van der Waals surface area contributed by atoms with Gasteiger partial charge in [0.1, 0.15) is 25.2 Å². The maximum absolute atomic E-state index is 12.7. The second-order valence-electron chi connectivity index (χ2n) is 7.30. The Morgan fingerprint density at radius 3 is 1.75 bits per heavy atom. The van der Waals surface area contributed by atoms with Gasteiger partial charge >= 0.3 is 18.0 Å². The summed E-state index contributed by atoms with van der Waals surface area (Å²) in [6.07, 6.45) is 0. The predicted octanol–water partition coefficient (Wildman–Crippen LogP) is 0.135. The number of rotatable bonds is 11. The first-order valence-corrected chi connectivity index (χ1v) is 13.9. The van der Waals surface area contributed by atoms with Gasteiger partial charge in [-0.1, -0.05) is 11.6 Å². The number of amides is 2. The van der Waals surface area contributed by atoms with E-state index in [1.54, 1.807) is 12.1 Å². The number of hydrogen-bond donors (Lipinski definition) is 5. The van der Waals surface area contributed by atoms with Gasteiger partial charge in [0.05, 0.1) is 45.8 Å². The third-order valence-electron chi connectivity index (χ3n) is 4.69. The highest BCUT2D eigenvalue weighted by Crippen LogP contribution is 2.26. The molecule has 0 bridgehead atoms. The number of methoxy groups -OCH3 is 2. The van der Waals surface area contributed by atoms with E-state index in [-0.39, 0.29) is 27.5 Å². The minimum absolute atomic E-state index is 0.00381. The summed E-state index contributed by atoms with van der Waals surface area (Å²) in [6, 6.07) is 7.43. The molecule has 0 aliphatic carbocycles. The van der Waals surface area contributed by atoms with Crippen LogP contribution in [-0.4, -0.2) is 62.1 Å². The van der Waals surface area contributed by atoms with Crippen LogP contribution in [0.4, 0.5) is 16.2 Å². The molecule has 0 saturated heterocycles. The lowest BCUT2D eigenvalue weighted by molar-refractivity contribution is -0.140. The summed E-state index contributed by atoms with van der Waals surface area (Å²) in [6.45, 7) is -1.56. The molecule has 0 heterocycles. The molecule has 0 fully saturated rings. The Hall–Kier alpha value is -4.46. The van der Waals surface area contributed by atoms with Crippen LogP contribution >= 0.6 is 11.6 Å². The summed E-state index contributed by atoms with van der Waals surface area (Å²) in [5.74, 6) is -1.87. The molecule has 2 aromatic rings. The predicted molar refractivity (Wildman–Crippen MR) is 138 cm³/mol. The van der Waals surface area contributed by atoms with Gasteiger partial charge in [-0.25, -0.2) is 21.6 Å². The van der Waals surface area contributed by atoms with E-state index in [9.17, 15) is 31.2 Å². The van der Waals surface area contributed by atoms with Gasteiger partial charge in [0.15, 0.2) is 0 Å². The van der Waals surface area contributed by atoms with E-state index >= 15 is 0 Å². The number of nitrogens with one attached hydrogen (secondary N) is 5. The first kappa shape index (κ1) is 31.8. The minimum Gasteiger partial charge on any atom is -0.468 e. The molecule has 0 aromatic heterocycles. The molecule has 0 radical (unpaired) electrons. The third-order valence-corrected chi connectivity index (χ3v) is 7.76. The van der Waals surface area contributed by atoms with Crippen LogP contribution in [0.1, 0.15) is 11.1 Å². The third kappa shape index (κ3) is 8.53. The molecule has 19 heteroatoms. The normalized spacial score (nSPS) is 10.9. The number of esters is 2. The summed E-state index contributed by atoms with van der Waals surface area (Å²) in [7, 11) is -6.98. The number of benzene rings is 2. The molecule has 40 heavy (non-hydrogen) atoms. The number of ether oxygens (including phenoxy) is 2. The van der Waals surface area contributed by atoms with Crippen LogP contribution in [0.5, 0.6) is 0 Å². The fourth-order valence-corrected chi connectivity index (χ4v) is 5.08.